The Balaban J connectivity index is 2.16. The molecule has 1 aromatic rings. The van der Waals surface area contributed by atoms with Gasteiger partial charge in [0.2, 0.25) is 0 Å². The van der Waals surface area contributed by atoms with E-state index in [0.717, 1.165) is 48.9 Å². The quantitative estimate of drug-likeness (QED) is 0.921. The van der Waals surface area contributed by atoms with Crippen molar-refractivity contribution in [1.29, 1.82) is 0 Å². The predicted octanol–water partition coefficient (Wildman–Crippen LogP) is 3.04. The Labute approximate surface area is 122 Å². The molecule has 0 atom stereocenters. The van der Waals surface area contributed by atoms with Gasteiger partial charge in [-0.05, 0) is 58.6 Å². The van der Waals surface area contributed by atoms with Crippen molar-refractivity contribution in [2.24, 2.45) is 5.73 Å². The predicted molar refractivity (Wildman–Crippen MR) is 82.9 cm³/mol. The minimum Gasteiger partial charge on any atom is -0.336 e. The van der Waals surface area contributed by atoms with E-state index in [1.807, 2.05) is 30.9 Å². The topological polar surface area (TPSA) is 46.3 Å². The summed E-state index contributed by atoms with van der Waals surface area (Å²) >= 11 is 0. The lowest BCUT2D eigenvalue weighted by molar-refractivity contribution is 0.0640. The Morgan fingerprint density at radius 2 is 1.70 bits per heavy atom. The number of carbonyl (C=O) groups excluding carboxylic acids is 1. The first kappa shape index (κ1) is 15.0. The van der Waals surface area contributed by atoms with E-state index in [9.17, 15) is 4.79 Å². The smallest absolute Gasteiger partial charge is 0.254 e. The zero-order valence-electron chi connectivity index (χ0n) is 12.9. The van der Waals surface area contributed by atoms with Crippen molar-refractivity contribution in [3.8, 4) is 0 Å². The highest BCUT2D eigenvalue weighted by molar-refractivity contribution is 5.94. The van der Waals surface area contributed by atoms with Gasteiger partial charge in [-0.2, -0.15) is 0 Å². The average molecular weight is 274 g/mol. The molecule has 1 fully saturated rings. The molecule has 1 aliphatic rings. The van der Waals surface area contributed by atoms with E-state index >= 15 is 0 Å². The molecule has 0 unspecified atom stereocenters. The van der Waals surface area contributed by atoms with Gasteiger partial charge in [-0.15, -0.1) is 0 Å². The van der Waals surface area contributed by atoms with Gasteiger partial charge in [0.05, 0.1) is 0 Å². The maximum Gasteiger partial charge on any atom is 0.254 e. The summed E-state index contributed by atoms with van der Waals surface area (Å²) in [5.41, 5.74) is 9.08. The first-order valence-electron chi connectivity index (χ1n) is 7.66. The van der Waals surface area contributed by atoms with E-state index < -0.39 is 0 Å². The van der Waals surface area contributed by atoms with Crippen molar-refractivity contribution in [1.82, 2.24) is 4.90 Å². The molecule has 1 saturated carbocycles. The molecule has 1 aromatic carbocycles. The molecule has 0 spiro atoms. The fourth-order valence-corrected chi connectivity index (χ4v) is 3.24. The lowest BCUT2D eigenvalue weighted by Gasteiger charge is -2.35. The lowest BCUT2D eigenvalue weighted by atomic mass is 9.90. The fourth-order valence-electron chi connectivity index (χ4n) is 3.24. The standard InChI is InChI=1S/C17H26N2O/c1-4-19(16-7-5-15(18)6-8-16)17(20)14-10-12(2)9-13(3)11-14/h9-11,15-16H,4-8,18H2,1-3H3. The Hall–Kier alpha value is -1.35. The minimum atomic E-state index is 0.166. The molecular formula is C17H26N2O. The molecule has 2 rings (SSSR count). The van der Waals surface area contributed by atoms with Crippen molar-refractivity contribution in [3.05, 3.63) is 34.9 Å². The molecule has 0 saturated heterocycles. The van der Waals surface area contributed by atoms with Crippen LogP contribution in [0.2, 0.25) is 0 Å². The van der Waals surface area contributed by atoms with Crippen LogP contribution in [0.3, 0.4) is 0 Å². The third kappa shape index (κ3) is 3.40. The number of hydrogen-bond acceptors (Lipinski definition) is 2. The summed E-state index contributed by atoms with van der Waals surface area (Å²) < 4.78 is 0. The third-order valence-electron chi connectivity index (χ3n) is 4.25. The summed E-state index contributed by atoms with van der Waals surface area (Å²) in [6.07, 6.45) is 4.12. The Morgan fingerprint density at radius 3 is 2.20 bits per heavy atom. The van der Waals surface area contributed by atoms with E-state index in [1.165, 1.54) is 0 Å². The second kappa shape index (κ2) is 6.40. The van der Waals surface area contributed by atoms with Crippen LogP contribution in [0.5, 0.6) is 0 Å². The summed E-state index contributed by atoms with van der Waals surface area (Å²) in [5, 5.41) is 0. The highest BCUT2D eigenvalue weighted by Crippen LogP contribution is 2.24. The number of benzene rings is 1. The molecule has 110 valence electrons. The third-order valence-corrected chi connectivity index (χ3v) is 4.25. The molecule has 0 bridgehead atoms. The van der Waals surface area contributed by atoms with E-state index in [-0.39, 0.29) is 5.91 Å². The van der Waals surface area contributed by atoms with Gasteiger partial charge < -0.3 is 10.6 Å². The van der Waals surface area contributed by atoms with Crippen molar-refractivity contribution in [2.75, 3.05) is 6.54 Å². The molecule has 0 heterocycles. The van der Waals surface area contributed by atoms with Crippen LogP contribution in [0.25, 0.3) is 0 Å². The molecule has 3 heteroatoms. The number of nitrogens with zero attached hydrogens (tertiary/aromatic N) is 1. The SMILES string of the molecule is CCN(C(=O)c1cc(C)cc(C)c1)C1CCC(N)CC1. The average Bonchev–Trinajstić information content (AvgIpc) is 2.40. The molecule has 0 aliphatic heterocycles. The molecule has 2 N–H and O–H groups in total. The molecule has 0 radical (unpaired) electrons. The Bertz CT molecular complexity index is 456. The van der Waals surface area contributed by atoms with Gasteiger partial charge in [0, 0.05) is 24.2 Å². The summed E-state index contributed by atoms with van der Waals surface area (Å²) in [4.78, 5) is 14.8. The van der Waals surface area contributed by atoms with E-state index in [2.05, 4.69) is 13.0 Å². The maximum atomic E-state index is 12.8. The number of aryl methyl sites for hydroxylation is 2. The normalized spacial score (nSPS) is 22.6. The lowest BCUT2D eigenvalue weighted by Crippen LogP contribution is -2.44. The summed E-state index contributed by atoms with van der Waals surface area (Å²) in [5.74, 6) is 0.166. The van der Waals surface area contributed by atoms with E-state index in [1.54, 1.807) is 0 Å². The van der Waals surface area contributed by atoms with E-state index in [4.69, 9.17) is 5.73 Å². The largest absolute Gasteiger partial charge is 0.336 e. The van der Waals surface area contributed by atoms with Gasteiger partial charge in [0.25, 0.3) is 5.91 Å². The van der Waals surface area contributed by atoms with Gasteiger partial charge in [-0.3, -0.25) is 4.79 Å². The van der Waals surface area contributed by atoms with Crippen LogP contribution in [-0.2, 0) is 0 Å². The van der Waals surface area contributed by atoms with Gasteiger partial charge >= 0.3 is 0 Å². The monoisotopic (exact) mass is 274 g/mol. The Morgan fingerprint density at radius 1 is 1.15 bits per heavy atom. The van der Waals surface area contributed by atoms with Gasteiger partial charge in [-0.25, -0.2) is 0 Å². The van der Waals surface area contributed by atoms with Gasteiger partial charge in [-0.1, -0.05) is 17.2 Å². The van der Waals surface area contributed by atoms with Crippen LogP contribution in [0.4, 0.5) is 0 Å². The first-order valence-corrected chi connectivity index (χ1v) is 7.66. The Kier molecular flexibility index (Phi) is 4.81. The number of rotatable bonds is 3. The summed E-state index contributed by atoms with van der Waals surface area (Å²) in [6, 6.07) is 6.76. The second-order valence-electron chi connectivity index (χ2n) is 6.04. The van der Waals surface area contributed by atoms with Crippen molar-refractivity contribution >= 4 is 5.91 Å². The van der Waals surface area contributed by atoms with Crippen molar-refractivity contribution < 1.29 is 4.79 Å². The zero-order chi connectivity index (χ0) is 14.7. The number of nitrogens with two attached hydrogens (primary N) is 1. The van der Waals surface area contributed by atoms with Gasteiger partial charge in [0.1, 0.15) is 0 Å². The van der Waals surface area contributed by atoms with Crippen LogP contribution in [0.1, 0.15) is 54.1 Å². The van der Waals surface area contributed by atoms with Crippen molar-refractivity contribution in [3.63, 3.8) is 0 Å². The first-order chi connectivity index (χ1) is 9.51. The summed E-state index contributed by atoms with van der Waals surface area (Å²) in [7, 11) is 0. The van der Waals surface area contributed by atoms with Gasteiger partial charge in [0.15, 0.2) is 0 Å². The fraction of sp³-hybridized carbons (Fsp3) is 0.588. The molecular weight excluding hydrogens is 248 g/mol. The molecule has 1 aliphatic carbocycles. The number of amides is 1. The molecule has 1 amide bonds. The number of hydrogen-bond donors (Lipinski definition) is 1. The second-order valence-corrected chi connectivity index (χ2v) is 6.04. The van der Waals surface area contributed by atoms with Crippen LogP contribution in [0.15, 0.2) is 18.2 Å². The minimum absolute atomic E-state index is 0.166. The van der Waals surface area contributed by atoms with Crippen LogP contribution in [0, 0.1) is 13.8 Å². The highest BCUT2D eigenvalue weighted by atomic mass is 16.2. The molecule has 3 nitrogen and oxygen atoms in total. The summed E-state index contributed by atoms with van der Waals surface area (Å²) in [6.45, 7) is 6.92. The maximum absolute atomic E-state index is 12.8. The van der Waals surface area contributed by atoms with Crippen LogP contribution < -0.4 is 5.73 Å². The zero-order valence-corrected chi connectivity index (χ0v) is 12.9. The van der Waals surface area contributed by atoms with E-state index in [0.29, 0.717) is 12.1 Å². The number of carbonyl (C=O) groups is 1. The highest BCUT2D eigenvalue weighted by Gasteiger charge is 2.27. The van der Waals surface area contributed by atoms with Crippen LogP contribution >= 0.6 is 0 Å². The van der Waals surface area contributed by atoms with Crippen molar-refractivity contribution in [2.45, 2.75) is 58.5 Å². The molecule has 0 aromatic heterocycles. The molecule has 20 heavy (non-hydrogen) atoms. The van der Waals surface area contributed by atoms with Crippen LogP contribution in [-0.4, -0.2) is 29.4 Å².